The van der Waals surface area contributed by atoms with Crippen LogP contribution in [0.1, 0.15) is 28.8 Å². The molecule has 142 valence electrons. The van der Waals surface area contributed by atoms with Crippen molar-refractivity contribution >= 4 is 35.1 Å². The van der Waals surface area contributed by atoms with E-state index in [9.17, 15) is 9.59 Å². The zero-order valence-electron chi connectivity index (χ0n) is 14.7. The van der Waals surface area contributed by atoms with Gasteiger partial charge in [-0.1, -0.05) is 17.7 Å². The van der Waals surface area contributed by atoms with Crippen LogP contribution in [-0.2, 0) is 11.3 Å². The summed E-state index contributed by atoms with van der Waals surface area (Å²) in [5.41, 5.74) is 11.9. The minimum absolute atomic E-state index is 0.0710. The van der Waals surface area contributed by atoms with Crippen LogP contribution in [0.3, 0.4) is 0 Å². The van der Waals surface area contributed by atoms with Crippen LogP contribution in [0.25, 0.3) is 0 Å². The van der Waals surface area contributed by atoms with Crippen LogP contribution >= 0.6 is 11.6 Å². The van der Waals surface area contributed by atoms with E-state index in [0.717, 1.165) is 37.3 Å². The molecule has 27 heavy (non-hydrogen) atoms. The van der Waals surface area contributed by atoms with E-state index in [1.54, 1.807) is 6.20 Å². The van der Waals surface area contributed by atoms with Crippen molar-refractivity contribution in [2.45, 2.75) is 19.4 Å². The molecule has 0 unspecified atom stereocenters. The minimum atomic E-state index is -0.579. The molecule has 1 aliphatic heterocycles. The number of primary amides is 2. The normalized spacial score (nSPS) is 14.8. The van der Waals surface area contributed by atoms with Gasteiger partial charge in [0, 0.05) is 43.5 Å². The topological polar surface area (TPSA) is 127 Å². The number of nitrogens with zero attached hydrogens (tertiary/aromatic N) is 3. The molecule has 0 spiro atoms. The third-order valence-corrected chi connectivity index (χ3v) is 4.92. The fourth-order valence-corrected chi connectivity index (χ4v) is 3.34. The van der Waals surface area contributed by atoms with Crippen molar-refractivity contribution in [1.29, 1.82) is 0 Å². The lowest BCUT2D eigenvalue weighted by molar-refractivity contribution is -0.122. The number of rotatable bonds is 6. The maximum atomic E-state index is 11.4. The summed E-state index contributed by atoms with van der Waals surface area (Å²) in [6.07, 6.45) is 4.57. The van der Waals surface area contributed by atoms with Gasteiger partial charge in [-0.25, -0.2) is 9.97 Å². The number of hydrogen-bond acceptors (Lipinski definition) is 6. The molecule has 0 bridgehead atoms. The van der Waals surface area contributed by atoms with Crippen LogP contribution in [0.4, 0.5) is 11.6 Å². The quantitative estimate of drug-likeness (QED) is 0.688. The molecular weight excluding hydrogens is 368 g/mol. The SMILES string of the molecule is NC(=O)c1cnc(NCc2cccnc2N2CCC(C(N)=O)CC2)c(Cl)c1. The number of nitrogens with one attached hydrogen (secondary N) is 1. The Kier molecular flexibility index (Phi) is 5.75. The Labute approximate surface area is 161 Å². The zero-order chi connectivity index (χ0) is 19.4. The van der Waals surface area contributed by atoms with Gasteiger partial charge < -0.3 is 21.7 Å². The van der Waals surface area contributed by atoms with Gasteiger partial charge in [-0.2, -0.15) is 0 Å². The van der Waals surface area contributed by atoms with Crippen LogP contribution in [-0.4, -0.2) is 34.9 Å². The predicted octanol–water partition coefficient (Wildman–Crippen LogP) is 1.54. The molecule has 3 rings (SSSR count). The summed E-state index contributed by atoms with van der Waals surface area (Å²) in [5.74, 6) is 0.433. The number of anilines is 2. The van der Waals surface area contributed by atoms with Crippen molar-refractivity contribution in [3.05, 3.63) is 46.7 Å². The Balaban J connectivity index is 1.70. The smallest absolute Gasteiger partial charge is 0.250 e. The first kappa shape index (κ1) is 18.9. The minimum Gasteiger partial charge on any atom is -0.369 e. The van der Waals surface area contributed by atoms with Crippen molar-refractivity contribution in [1.82, 2.24) is 9.97 Å². The van der Waals surface area contributed by atoms with Gasteiger partial charge in [-0.05, 0) is 25.0 Å². The maximum Gasteiger partial charge on any atom is 0.250 e. The number of piperidine rings is 1. The molecular formula is C18H21ClN6O2. The standard InChI is InChI=1S/C18H21ClN6O2/c19-14-8-13(16(21)27)10-24-17(14)23-9-12-2-1-5-22-18(12)25-6-3-11(4-7-25)15(20)26/h1-2,5,8,10-11H,3-4,6-7,9H2,(H2,20,26)(H2,21,27)(H,23,24). The van der Waals surface area contributed by atoms with E-state index in [2.05, 4.69) is 20.2 Å². The molecule has 0 atom stereocenters. The maximum absolute atomic E-state index is 11.4. The van der Waals surface area contributed by atoms with Crippen LogP contribution in [0.5, 0.6) is 0 Å². The molecule has 1 aliphatic rings. The van der Waals surface area contributed by atoms with Crippen molar-refractivity contribution in [3.8, 4) is 0 Å². The van der Waals surface area contributed by atoms with Gasteiger partial charge in [0.2, 0.25) is 11.8 Å². The molecule has 9 heteroatoms. The summed E-state index contributed by atoms with van der Waals surface area (Å²) < 4.78 is 0. The second kappa shape index (κ2) is 8.22. The van der Waals surface area contributed by atoms with E-state index in [1.807, 2.05) is 12.1 Å². The second-order valence-corrected chi connectivity index (χ2v) is 6.83. The van der Waals surface area contributed by atoms with Crippen molar-refractivity contribution in [2.24, 2.45) is 17.4 Å². The van der Waals surface area contributed by atoms with Gasteiger partial charge in [-0.15, -0.1) is 0 Å². The summed E-state index contributed by atoms with van der Waals surface area (Å²) in [4.78, 5) is 33.4. The molecule has 0 aliphatic carbocycles. The van der Waals surface area contributed by atoms with Gasteiger partial charge >= 0.3 is 0 Å². The highest BCUT2D eigenvalue weighted by atomic mass is 35.5. The van der Waals surface area contributed by atoms with Crippen molar-refractivity contribution in [2.75, 3.05) is 23.3 Å². The molecule has 0 radical (unpaired) electrons. The number of pyridine rings is 2. The molecule has 1 fully saturated rings. The van der Waals surface area contributed by atoms with E-state index in [1.165, 1.54) is 12.3 Å². The first-order valence-electron chi connectivity index (χ1n) is 8.63. The molecule has 2 aromatic rings. The lowest BCUT2D eigenvalue weighted by Crippen LogP contribution is -2.39. The lowest BCUT2D eigenvalue weighted by atomic mass is 9.96. The number of halogens is 1. The molecule has 3 heterocycles. The Morgan fingerprint density at radius 1 is 1.26 bits per heavy atom. The number of nitrogens with two attached hydrogens (primary N) is 2. The van der Waals surface area contributed by atoms with Gasteiger partial charge in [-0.3, -0.25) is 9.59 Å². The first-order valence-corrected chi connectivity index (χ1v) is 9.01. The molecule has 0 saturated carbocycles. The van der Waals surface area contributed by atoms with Gasteiger partial charge in [0.1, 0.15) is 11.6 Å². The summed E-state index contributed by atoms with van der Waals surface area (Å²) in [5, 5.41) is 3.48. The van der Waals surface area contributed by atoms with E-state index >= 15 is 0 Å². The molecule has 5 N–H and O–H groups in total. The number of amides is 2. The Hall–Kier alpha value is -2.87. The molecule has 2 amide bonds. The van der Waals surface area contributed by atoms with E-state index in [-0.39, 0.29) is 17.4 Å². The third-order valence-electron chi connectivity index (χ3n) is 4.64. The summed E-state index contributed by atoms with van der Waals surface area (Å²) in [6, 6.07) is 5.32. The fourth-order valence-electron chi connectivity index (χ4n) is 3.11. The monoisotopic (exact) mass is 388 g/mol. The van der Waals surface area contributed by atoms with Crippen LogP contribution in [0.2, 0.25) is 5.02 Å². The largest absolute Gasteiger partial charge is 0.369 e. The van der Waals surface area contributed by atoms with Crippen molar-refractivity contribution in [3.63, 3.8) is 0 Å². The van der Waals surface area contributed by atoms with Crippen LogP contribution < -0.4 is 21.7 Å². The molecule has 2 aromatic heterocycles. The average Bonchev–Trinajstić information content (AvgIpc) is 2.67. The van der Waals surface area contributed by atoms with Gasteiger partial charge in [0.25, 0.3) is 0 Å². The molecule has 0 aromatic carbocycles. The summed E-state index contributed by atoms with van der Waals surface area (Å²) >= 11 is 6.17. The number of carbonyl (C=O) groups excluding carboxylic acids is 2. The van der Waals surface area contributed by atoms with Gasteiger partial charge in [0.15, 0.2) is 0 Å². The average molecular weight is 389 g/mol. The van der Waals surface area contributed by atoms with E-state index in [4.69, 9.17) is 23.1 Å². The Morgan fingerprint density at radius 2 is 2.00 bits per heavy atom. The Bertz CT molecular complexity index is 851. The van der Waals surface area contributed by atoms with E-state index < -0.39 is 5.91 Å². The number of hydrogen-bond donors (Lipinski definition) is 3. The fraction of sp³-hybridized carbons (Fsp3) is 0.333. The van der Waals surface area contributed by atoms with E-state index in [0.29, 0.717) is 17.4 Å². The first-order chi connectivity index (χ1) is 13.0. The zero-order valence-corrected chi connectivity index (χ0v) is 15.4. The van der Waals surface area contributed by atoms with Crippen LogP contribution in [0.15, 0.2) is 30.6 Å². The predicted molar refractivity (Wildman–Crippen MR) is 103 cm³/mol. The van der Waals surface area contributed by atoms with Crippen molar-refractivity contribution < 1.29 is 9.59 Å². The highest BCUT2D eigenvalue weighted by Crippen LogP contribution is 2.26. The summed E-state index contributed by atoms with van der Waals surface area (Å²) in [6.45, 7) is 1.91. The molecule has 1 saturated heterocycles. The highest BCUT2D eigenvalue weighted by Gasteiger charge is 2.25. The lowest BCUT2D eigenvalue weighted by Gasteiger charge is -2.32. The highest BCUT2D eigenvalue weighted by molar-refractivity contribution is 6.33. The number of aromatic nitrogens is 2. The second-order valence-electron chi connectivity index (χ2n) is 6.42. The Morgan fingerprint density at radius 3 is 2.63 bits per heavy atom. The van der Waals surface area contributed by atoms with Gasteiger partial charge in [0.05, 0.1) is 10.6 Å². The number of carbonyl (C=O) groups is 2. The van der Waals surface area contributed by atoms with Crippen LogP contribution in [0, 0.1) is 5.92 Å². The summed E-state index contributed by atoms with van der Waals surface area (Å²) in [7, 11) is 0. The molecule has 8 nitrogen and oxygen atoms in total. The third kappa shape index (κ3) is 4.46.